The zero-order valence-electron chi connectivity index (χ0n) is 10.4. The van der Waals surface area contributed by atoms with Crippen LogP contribution in [-0.2, 0) is 0 Å². The molecule has 0 amide bonds. The second kappa shape index (κ2) is 5.62. The maximum Gasteiger partial charge on any atom is 0.175 e. The van der Waals surface area contributed by atoms with Crippen molar-refractivity contribution in [1.29, 1.82) is 0 Å². The van der Waals surface area contributed by atoms with Gasteiger partial charge in [0, 0.05) is 11.0 Å². The standard InChI is InChI=1S/C14H13BrF2O/c1-14(2,3)8-4-5-11(18)9-6-7-10(16)13(17)12(9)15/h6-7H,5H2,1-3H3. The quantitative estimate of drug-likeness (QED) is 0.450. The van der Waals surface area contributed by atoms with Crippen LogP contribution in [0.2, 0.25) is 0 Å². The van der Waals surface area contributed by atoms with Crippen LogP contribution in [0.5, 0.6) is 0 Å². The Balaban J connectivity index is 2.92. The molecule has 0 saturated carbocycles. The van der Waals surface area contributed by atoms with Gasteiger partial charge in [-0.25, -0.2) is 8.78 Å². The summed E-state index contributed by atoms with van der Waals surface area (Å²) in [5.74, 6) is 3.29. The van der Waals surface area contributed by atoms with Gasteiger partial charge in [0.05, 0.1) is 10.9 Å². The van der Waals surface area contributed by atoms with E-state index >= 15 is 0 Å². The van der Waals surface area contributed by atoms with Gasteiger partial charge in [0.1, 0.15) is 0 Å². The number of carbonyl (C=O) groups is 1. The molecule has 1 aromatic rings. The molecule has 0 radical (unpaired) electrons. The Kier molecular flexibility index (Phi) is 4.64. The van der Waals surface area contributed by atoms with Gasteiger partial charge in [0.2, 0.25) is 0 Å². The summed E-state index contributed by atoms with van der Waals surface area (Å²) in [4.78, 5) is 11.8. The van der Waals surface area contributed by atoms with Gasteiger partial charge in [-0.15, -0.1) is 0 Å². The summed E-state index contributed by atoms with van der Waals surface area (Å²) >= 11 is 2.88. The Morgan fingerprint density at radius 1 is 1.33 bits per heavy atom. The van der Waals surface area contributed by atoms with E-state index in [-0.39, 0.29) is 27.7 Å². The highest BCUT2D eigenvalue weighted by Crippen LogP contribution is 2.24. The molecule has 1 aromatic carbocycles. The van der Waals surface area contributed by atoms with E-state index in [4.69, 9.17) is 0 Å². The summed E-state index contributed by atoms with van der Waals surface area (Å²) < 4.78 is 26.0. The third kappa shape index (κ3) is 3.92. The van der Waals surface area contributed by atoms with E-state index in [2.05, 4.69) is 27.8 Å². The van der Waals surface area contributed by atoms with Crippen molar-refractivity contribution >= 4 is 21.7 Å². The van der Waals surface area contributed by atoms with Crippen LogP contribution in [0.4, 0.5) is 8.78 Å². The van der Waals surface area contributed by atoms with Crippen LogP contribution in [-0.4, -0.2) is 5.78 Å². The van der Waals surface area contributed by atoms with E-state index in [1.807, 2.05) is 20.8 Å². The molecule has 1 nitrogen and oxygen atoms in total. The summed E-state index contributed by atoms with van der Waals surface area (Å²) in [7, 11) is 0. The van der Waals surface area contributed by atoms with Gasteiger partial charge in [-0.05, 0) is 48.8 Å². The van der Waals surface area contributed by atoms with Crippen LogP contribution in [0.25, 0.3) is 0 Å². The minimum atomic E-state index is -1.05. The lowest BCUT2D eigenvalue weighted by Gasteiger charge is -2.07. The molecule has 96 valence electrons. The summed E-state index contributed by atoms with van der Waals surface area (Å²) in [6, 6.07) is 2.19. The zero-order valence-corrected chi connectivity index (χ0v) is 12.0. The molecule has 0 spiro atoms. The predicted octanol–water partition coefficient (Wildman–Crippen LogP) is 4.35. The molecule has 0 aliphatic rings. The van der Waals surface area contributed by atoms with Crippen LogP contribution < -0.4 is 0 Å². The van der Waals surface area contributed by atoms with E-state index < -0.39 is 11.6 Å². The third-order valence-corrected chi connectivity index (χ3v) is 2.82. The average Bonchev–Trinajstić information content (AvgIpc) is 2.24. The number of benzene rings is 1. The number of hydrogen-bond donors (Lipinski definition) is 0. The topological polar surface area (TPSA) is 17.1 Å². The van der Waals surface area contributed by atoms with Gasteiger partial charge < -0.3 is 0 Å². The van der Waals surface area contributed by atoms with Gasteiger partial charge in [-0.1, -0.05) is 11.8 Å². The molecule has 0 aliphatic carbocycles. The van der Waals surface area contributed by atoms with Crippen LogP contribution in [0.15, 0.2) is 16.6 Å². The van der Waals surface area contributed by atoms with Crippen molar-refractivity contribution in [2.24, 2.45) is 5.41 Å². The van der Waals surface area contributed by atoms with Crippen molar-refractivity contribution in [3.63, 3.8) is 0 Å². The zero-order chi connectivity index (χ0) is 13.9. The summed E-state index contributed by atoms with van der Waals surface area (Å²) in [6.07, 6.45) is -0.0130. The molecule has 0 aliphatic heterocycles. The first-order chi connectivity index (χ1) is 8.22. The van der Waals surface area contributed by atoms with Crippen molar-refractivity contribution in [2.75, 3.05) is 0 Å². The van der Waals surface area contributed by atoms with Crippen LogP contribution in [0.3, 0.4) is 0 Å². The Morgan fingerprint density at radius 3 is 2.50 bits per heavy atom. The molecule has 4 heteroatoms. The molecule has 0 aromatic heterocycles. The van der Waals surface area contributed by atoms with Gasteiger partial charge in [0.25, 0.3) is 0 Å². The lowest BCUT2D eigenvalue weighted by molar-refractivity contribution is 0.0996. The van der Waals surface area contributed by atoms with Crippen molar-refractivity contribution in [1.82, 2.24) is 0 Å². The van der Waals surface area contributed by atoms with E-state index in [9.17, 15) is 13.6 Å². The third-order valence-electron chi connectivity index (χ3n) is 2.05. The fourth-order valence-corrected chi connectivity index (χ4v) is 1.77. The maximum absolute atomic E-state index is 13.3. The Morgan fingerprint density at radius 2 is 1.94 bits per heavy atom. The smallest absolute Gasteiger partial charge is 0.175 e. The molecular weight excluding hydrogens is 302 g/mol. The first kappa shape index (κ1) is 14.8. The minimum absolute atomic E-state index is 0.0130. The normalized spacial score (nSPS) is 10.8. The highest BCUT2D eigenvalue weighted by atomic mass is 79.9. The largest absolute Gasteiger partial charge is 0.293 e. The molecule has 0 bridgehead atoms. The molecule has 0 N–H and O–H groups in total. The van der Waals surface area contributed by atoms with Crippen LogP contribution >= 0.6 is 15.9 Å². The van der Waals surface area contributed by atoms with E-state index in [0.29, 0.717) is 0 Å². The van der Waals surface area contributed by atoms with Crippen molar-refractivity contribution < 1.29 is 13.6 Å². The number of hydrogen-bond acceptors (Lipinski definition) is 1. The first-order valence-electron chi connectivity index (χ1n) is 5.39. The molecule has 0 atom stereocenters. The Hall–Kier alpha value is -1.21. The number of ketones is 1. The summed E-state index contributed by atoms with van der Waals surface area (Å²) in [5, 5.41) is 0. The molecule has 0 heterocycles. The average molecular weight is 315 g/mol. The molecule has 0 unspecified atom stereocenters. The second-order valence-electron chi connectivity index (χ2n) is 4.87. The van der Waals surface area contributed by atoms with Crippen molar-refractivity contribution in [3.8, 4) is 11.8 Å². The number of halogens is 3. The molecule has 18 heavy (non-hydrogen) atoms. The fraction of sp³-hybridized carbons (Fsp3) is 0.357. The molecule has 1 rings (SSSR count). The van der Waals surface area contributed by atoms with E-state index in [0.717, 1.165) is 6.07 Å². The Labute approximate surface area is 114 Å². The fourth-order valence-electron chi connectivity index (χ4n) is 1.23. The van der Waals surface area contributed by atoms with Crippen LogP contribution in [0.1, 0.15) is 37.6 Å². The van der Waals surface area contributed by atoms with Crippen molar-refractivity contribution in [2.45, 2.75) is 27.2 Å². The first-order valence-corrected chi connectivity index (χ1v) is 6.18. The van der Waals surface area contributed by atoms with Gasteiger partial charge >= 0.3 is 0 Å². The van der Waals surface area contributed by atoms with Gasteiger partial charge in [0.15, 0.2) is 17.4 Å². The number of carbonyl (C=O) groups excluding carboxylic acids is 1. The van der Waals surface area contributed by atoms with Crippen molar-refractivity contribution in [3.05, 3.63) is 33.8 Å². The Bertz CT molecular complexity index is 533. The summed E-state index contributed by atoms with van der Waals surface area (Å²) in [6.45, 7) is 5.79. The van der Waals surface area contributed by atoms with Gasteiger partial charge in [-0.2, -0.15) is 0 Å². The second-order valence-corrected chi connectivity index (χ2v) is 5.67. The maximum atomic E-state index is 13.3. The SMILES string of the molecule is CC(C)(C)C#CCC(=O)c1ccc(F)c(F)c1Br. The number of rotatable bonds is 2. The lowest BCUT2D eigenvalue weighted by Crippen LogP contribution is -2.03. The van der Waals surface area contributed by atoms with Crippen LogP contribution in [0, 0.1) is 28.9 Å². The highest BCUT2D eigenvalue weighted by Gasteiger charge is 2.16. The molecular formula is C14H13BrF2O. The minimum Gasteiger partial charge on any atom is -0.293 e. The predicted molar refractivity (Wildman–Crippen MR) is 70.2 cm³/mol. The monoisotopic (exact) mass is 314 g/mol. The highest BCUT2D eigenvalue weighted by molar-refractivity contribution is 9.10. The van der Waals surface area contributed by atoms with E-state index in [1.54, 1.807) is 0 Å². The number of Topliss-reactive ketones (excluding diaryl/α,β-unsaturated/α-hetero) is 1. The molecule has 0 fully saturated rings. The van der Waals surface area contributed by atoms with Gasteiger partial charge in [-0.3, -0.25) is 4.79 Å². The molecule has 0 saturated heterocycles. The van der Waals surface area contributed by atoms with E-state index in [1.165, 1.54) is 6.07 Å². The summed E-state index contributed by atoms with van der Waals surface area (Å²) in [5.41, 5.74) is -0.0805. The lowest BCUT2D eigenvalue weighted by atomic mass is 9.97.